The number of carbonyl (C=O) groups is 1. The Morgan fingerprint density at radius 3 is 1.64 bits per heavy atom. The quantitative estimate of drug-likeness (QED) is 0.433. The first-order valence-electron chi connectivity index (χ1n) is 9.62. The van der Waals surface area contributed by atoms with Gasteiger partial charge in [0.2, 0.25) is 0 Å². The van der Waals surface area contributed by atoms with E-state index >= 15 is 0 Å². The Kier molecular flexibility index (Phi) is 8.09. The van der Waals surface area contributed by atoms with E-state index in [1.54, 1.807) is 4.90 Å². The van der Waals surface area contributed by atoms with Gasteiger partial charge in [0.1, 0.15) is 18.3 Å². The van der Waals surface area contributed by atoms with Crippen LogP contribution in [-0.4, -0.2) is 79.4 Å². The molecule has 4 unspecified atom stereocenters. The maximum absolute atomic E-state index is 13.0. The highest BCUT2D eigenvalue weighted by atomic mass is 16.4. The van der Waals surface area contributed by atoms with Gasteiger partial charge in [-0.1, -0.05) is 38.5 Å². The van der Waals surface area contributed by atoms with E-state index in [1.165, 1.54) is 0 Å². The summed E-state index contributed by atoms with van der Waals surface area (Å²) in [5, 5.41) is 48.6. The molecule has 5 N–H and O–H groups in total. The van der Waals surface area contributed by atoms with Gasteiger partial charge in [0.25, 0.3) is 5.91 Å². The number of aliphatic hydroxyl groups excluding tert-OH is 5. The zero-order chi connectivity index (χ0) is 18.4. The number of amides is 1. The van der Waals surface area contributed by atoms with E-state index in [9.17, 15) is 25.2 Å². The van der Waals surface area contributed by atoms with E-state index in [1.807, 2.05) is 0 Å². The highest BCUT2D eigenvalue weighted by Gasteiger charge is 2.40. The van der Waals surface area contributed by atoms with Gasteiger partial charge in [-0.3, -0.25) is 4.79 Å². The molecule has 25 heavy (non-hydrogen) atoms. The minimum absolute atomic E-state index is 0.0612. The first kappa shape index (κ1) is 20.6. The number of carbonyl (C=O) groups excluding carboxylic acids is 1. The van der Waals surface area contributed by atoms with Crippen LogP contribution in [0.4, 0.5) is 0 Å². The van der Waals surface area contributed by atoms with E-state index in [0.717, 1.165) is 64.2 Å². The lowest BCUT2D eigenvalue weighted by Gasteiger charge is -2.43. The second-order valence-corrected chi connectivity index (χ2v) is 7.51. The topological polar surface area (TPSA) is 121 Å². The van der Waals surface area contributed by atoms with Crippen molar-refractivity contribution in [2.75, 3.05) is 6.61 Å². The molecule has 2 rings (SSSR count). The lowest BCUT2D eigenvalue weighted by atomic mass is 9.87. The number of hydrogen-bond acceptors (Lipinski definition) is 6. The third kappa shape index (κ3) is 5.14. The molecule has 0 spiro atoms. The van der Waals surface area contributed by atoms with Crippen LogP contribution in [0, 0.1) is 0 Å². The minimum Gasteiger partial charge on any atom is -0.394 e. The summed E-state index contributed by atoms with van der Waals surface area (Å²) in [6, 6.07) is 0.122. The van der Waals surface area contributed by atoms with Gasteiger partial charge in [-0.05, 0) is 25.7 Å². The lowest BCUT2D eigenvalue weighted by Crippen LogP contribution is -2.57. The Morgan fingerprint density at radius 2 is 1.24 bits per heavy atom. The Balaban J connectivity index is 2.12. The summed E-state index contributed by atoms with van der Waals surface area (Å²) in [5.74, 6) is -0.574. The average Bonchev–Trinajstić information content (AvgIpc) is 2.67. The summed E-state index contributed by atoms with van der Waals surface area (Å²) in [6.07, 6.45) is 3.06. The maximum Gasteiger partial charge on any atom is 0.254 e. The minimum atomic E-state index is -1.83. The third-order valence-electron chi connectivity index (χ3n) is 5.70. The predicted octanol–water partition coefficient (Wildman–Crippen LogP) is -0.0837. The largest absolute Gasteiger partial charge is 0.394 e. The monoisotopic (exact) mass is 359 g/mol. The summed E-state index contributed by atoms with van der Waals surface area (Å²) in [5.41, 5.74) is 0. The molecule has 0 heterocycles. The highest BCUT2D eigenvalue weighted by Crippen LogP contribution is 2.31. The fourth-order valence-electron chi connectivity index (χ4n) is 4.20. The Labute approximate surface area is 149 Å². The molecule has 0 aromatic rings. The van der Waals surface area contributed by atoms with Crippen LogP contribution >= 0.6 is 0 Å². The fourth-order valence-corrected chi connectivity index (χ4v) is 4.20. The first-order chi connectivity index (χ1) is 12.0. The van der Waals surface area contributed by atoms with Crippen molar-refractivity contribution < 1.29 is 30.3 Å². The van der Waals surface area contributed by atoms with E-state index in [-0.39, 0.29) is 12.1 Å². The molecule has 0 aromatic heterocycles. The smallest absolute Gasteiger partial charge is 0.254 e. The Bertz CT molecular complexity index is 390. The van der Waals surface area contributed by atoms with Gasteiger partial charge in [0.15, 0.2) is 6.10 Å². The maximum atomic E-state index is 13.0. The van der Waals surface area contributed by atoms with Crippen LogP contribution in [0.15, 0.2) is 0 Å². The molecule has 4 atom stereocenters. The average molecular weight is 359 g/mol. The van der Waals surface area contributed by atoms with Gasteiger partial charge < -0.3 is 30.4 Å². The lowest BCUT2D eigenvalue weighted by molar-refractivity contribution is -0.164. The third-order valence-corrected chi connectivity index (χ3v) is 5.70. The molecule has 0 saturated heterocycles. The van der Waals surface area contributed by atoms with Gasteiger partial charge in [-0.25, -0.2) is 0 Å². The number of nitrogens with zero attached hydrogens (tertiary/aromatic N) is 1. The molecule has 146 valence electrons. The van der Waals surface area contributed by atoms with E-state index in [2.05, 4.69) is 0 Å². The SMILES string of the molecule is O=C(C(O)C(O)C(O)C(O)CO)N(C1CCCCC1)C1CCCCC1. The molecule has 2 fully saturated rings. The van der Waals surface area contributed by atoms with Crippen LogP contribution in [0.25, 0.3) is 0 Å². The van der Waals surface area contributed by atoms with Crippen LogP contribution in [0.2, 0.25) is 0 Å². The predicted molar refractivity (Wildman–Crippen MR) is 91.7 cm³/mol. The van der Waals surface area contributed by atoms with E-state index in [4.69, 9.17) is 5.11 Å². The van der Waals surface area contributed by atoms with Crippen molar-refractivity contribution in [1.29, 1.82) is 0 Å². The van der Waals surface area contributed by atoms with Crippen LogP contribution in [0.5, 0.6) is 0 Å². The van der Waals surface area contributed by atoms with Crippen molar-refractivity contribution >= 4 is 5.91 Å². The fraction of sp³-hybridized carbons (Fsp3) is 0.944. The molecule has 1 amide bonds. The molecule has 0 aliphatic heterocycles. The van der Waals surface area contributed by atoms with Crippen LogP contribution in [0.1, 0.15) is 64.2 Å². The van der Waals surface area contributed by atoms with E-state index < -0.39 is 36.9 Å². The Morgan fingerprint density at radius 1 is 0.800 bits per heavy atom. The highest BCUT2D eigenvalue weighted by molar-refractivity contribution is 5.82. The number of rotatable bonds is 7. The molecule has 2 saturated carbocycles. The van der Waals surface area contributed by atoms with Crippen LogP contribution in [0.3, 0.4) is 0 Å². The standard InChI is InChI=1S/C18H33NO6/c20-11-14(21)15(22)16(23)17(24)18(25)19(12-7-3-1-4-8-12)13-9-5-2-6-10-13/h12-17,20-24H,1-11H2. The van der Waals surface area contributed by atoms with E-state index in [0.29, 0.717) is 0 Å². The molecule has 2 aliphatic rings. The molecule has 0 bridgehead atoms. The van der Waals surface area contributed by atoms with Gasteiger partial charge in [-0.2, -0.15) is 0 Å². The second kappa shape index (κ2) is 9.83. The summed E-state index contributed by atoms with van der Waals surface area (Å²) in [6.45, 7) is -0.756. The summed E-state index contributed by atoms with van der Waals surface area (Å²) in [4.78, 5) is 14.7. The van der Waals surface area contributed by atoms with Crippen molar-refractivity contribution in [1.82, 2.24) is 4.90 Å². The Hall–Kier alpha value is -0.730. The zero-order valence-electron chi connectivity index (χ0n) is 14.8. The normalized spacial score (nSPS) is 25.2. The van der Waals surface area contributed by atoms with Crippen molar-refractivity contribution in [3.05, 3.63) is 0 Å². The molecule has 0 aromatic carbocycles. The molecule has 7 nitrogen and oxygen atoms in total. The van der Waals surface area contributed by atoms with Crippen molar-refractivity contribution in [2.45, 2.75) is 101 Å². The zero-order valence-corrected chi connectivity index (χ0v) is 14.8. The number of aliphatic hydroxyl groups is 5. The van der Waals surface area contributed by atoms with Gasteiger partial charge in [-0.15, -0.1) is 0 Å². The van der Waals surface area contributed by atoms with Gasteiger partial charge in [0, 0.05) is 12.1 Å². The summed E-state index contributed by atoms with van der Waals surface area (Å²) < 4.78 is 0. The van der Waals surface area contributed by atoms with Crippen molar-refractivity contribution in [3.8, 4) is 0 Å². The van der Waals surface area contributed by atoms with Crippen LogP contribution < -0.4 is 0 Å². The molecular weight excluding hydrogens is 326 g/mol. The molecule has 7 heteroatoms. The van der Waals surface area contributed by atoms with Gasteiger partial charge in [0.05, 0.1) is 6.61 Å². The van der Waals surface area contributed by atoms with Crippen molar-refractivity contribution in [2.24, 2.45) is 0 Å². The molecule has 2 aliphatic carbocycles. The summed E-state index contributed by atoms with van der Waals surface area (Å²) >= 11 is 0. The first-order valence-corrected chi connectivity index (χ1v) is 9.62. The molecular formula is C18H33NO6. The summed E-state index contributed by atoms with van der Waals surface area (Å²) in [7, 11) is 0. The second-order valence-electron chi connectivity index (χ2n) is 7.51. The molecule has 0 radical (unpaired) electrons. The number of hydrogen-bond donors (Lipinski definition) is 5. The van der Waals surface area contributed by atoms with Crippen LogP contribution in [-0.2, 0) is 4.79 Å². The van der Waals surface area contributed by atoms with Gasteiger partial charge >= 0.3 is 0 Å². The van der Waals surface area contributed by atoms with Crippen molar-refractivity contribution in [3.63, 3.8) is 0 Å².